The molecule has 3 nitrogen and oxygen atoms in total. The van der Waals surface area contributed by atoms with Gasteiger partial charge in [0.2, 0.25) is 0 Å². The highest BCUT2D eigenvalue weighted by Gasteiger charge is 2.35. The molecule has 2 atom stereocenters. The van der Waals surface area contributed by atoms with E-state index in [2.05, 4.69) is 56.7 Å². The Morgan fingerprint density at radius 2 is 2.15 bits per heavy atom. The van der Waals surface area contributed by atoms with Crippen molar-refractivity contribution >= 4 is 11.3 Å². The molecule has 0 aliphatic carbocycles. The van der Waals surface area contributed by atoms with Crippen LogP contribution in [-0.2, 0) is 6.54 Å². The number of aryl methyl sites for hydroxylation is 1. The van der Waals surface area contributed by atoms with Crippen LogP contribution in [0.4, 0.5) is 0 Å². The minimum Gasteiger partial charge on any atom is -0.311 e. The van der Waals surface area contributed by atoms with Crippen molar-refractivity contribution in [2.75, 3.05) is 13.1 Å². The Balaban J connectivity index is 2.10. The molecule has 0 saturated carbocycles. The quantitative estimate of drug-likeness (QED) is 0.927. The van der Waals surface area contributed by atoms with E-state index in [1.54, 1.807) is 0 Å². The van der Waals surface area contributed by atoms with Crippen molar-refractivity contribution in [3.8, 4) is 0 Å². The molecule has 1 aromatic heterocycles. The van der Waals surface area contributed by atoms with Crippen LogP contribution < -0.4 is 5.32 Å². The van der Waals surface area contributed by atoms with E-state index in [0.717, 1.165) is 19.6 Å². The molecule has 1 fully saturated rings. The smallest absolute Gasteiger partial charge is 0.0897 e. The van der Waals surface area contributed by atoms with Crippen LogP contribution in [0.1, 0.15) is 44.5 Å². The van der Waals surface area contributed by atoms with Crippen LogP contribution in [0.2, 0.25) is 0 Å². The van der Waals surface area contributed by atoms with E-state index in [-0.39, 0.29) is 0 Å². The third-order valence-electron chi connectivity index (χ3n) is 4.30. The van der Waals surface area contributed by atoms with Crippen LogP contribution in [0.15, 0.2) is 6.20 Å². The molecule has 20 heavy (non-hydrogen) atoms. The Labute approximate surface area is 127 Å². The highest BCUT2D eigenvalue weighted by Crippen LogP contribution is 2.27. The number of nitrogens with zero attached hydrogens (tertiary/aromatic N) is 2. The largest absolute Gasteiger partial charge is 0.311 e. The summed E-state index contributed by atoms with van der Waals surface area (Å²) in [6.07, 6.45) is 2.05. The first-order valence-electron chi connectivity index (χ1n) is 7.66. The summed E-state index contributed by atoms with van der Waals surface area (Å²) in [4.78, 5) is 8.44. The van der Waals surface area contributed by atoms with Gasteiger partial charge in [-0.25, -0.2) is 4.98 Å². The standard InChI is InChI=1S/C16H29N3S/c1-11(2)14-8-18-15(16(4,5)6)10-19(14)9-13-7-17-12(3)20-13/h7,11,14-15,18H,8-10H2,1-6H3. The van der Waals surface area contributed by atoms with Crippen molar-refractivity contribution in [3.05, 3.63) is 16.1 Å². The monoisotopic (exact) mass is 295 g/mol. The molecule has 114 valence electrons. The number of thiazole rings is 1. The van der Waals surface area contributed by atoms with Crippen molar-refractivity contribution in [1.29, 1.82) is 0 Å². The zero-order chi connectivity index (χ0) is 14.9. The average molecular weight is 295 g/mol. The van der Waals surface area contributed by atoms with Gasteiger partial charge in [0.15, 0.2) is 0 Å². The number of aromatic nitrogens is 1. The first-order valence-corrected chi connectivity index (χ1v) is 8.47. The van der Waals surface area contributed by atoms with Gasteiger partial charge in [0.05, 0.1) is 5.01 Å². The molecule has 2 unspecified atom stereocenters. The lowest BCUT2D eigenvalue weighted by Gasteiger charge is -2.46. The minimum atomic E-state index is 0.309. The van der Waals surface area contributed by atoms with Crippen LogP contribution >= 0.6 is 11.3 Å². The molecule has 0 radical (unpaired) electrons. The molecule has 2 heterocycles. The van der Waals surface area contributed by atoms with Crippen LogP contribution in [0.3, 0.4) is 0 Å². The normalized spacial score (nSPS) is 25.4. The van der Waals surface area contributed by atoms with E-state index in [4.69, 9.17) is 0 Å². The van der Waals surface area contributed by atoms with Crippen molar-refractivity contribution in [3.63, 3.8) is 0 Å². The number of hydrogen-bond acceptors (Lipinski definition) is 4. The molecule has 0 bridgehead atoms. The lowest BCUT2D eigenvalue weighted by atomic mass is 9.83. The molecule has 1 N–H and O–H groups in total. The lowest BCUT2D eigenvalue weighted by molar-refractivity contribution is 0.0579. The summed E-state index contributed by atoms with van der Waals surface area (Å²) in [6.45, 7) is 17.0. The van der Waals surface area contributed by atoms with Crippen LogP contribution in [0.5, 0.6) is 0 Å². The maximum atomic E-state index is 4.40. The molecular formula is C16H29N3S. The highest BCUT2D eigenvalue weighted by molar-refractivity contribution is 7.11. The summed E-state index contributed by atoms with van der Waals surface area (Å²) >= 11 is 1.83. The Kier molecular flexibility index (Phi) is 4.88. The summed E-state index contributed by atoms with van der Waals surface area (Å²) < 4.78 is 0. The molecule has 0 aromatic carbocycles. The van der Waals surface area contributed by atoms with Crippen molar-refractivity contribution in [1.82, 2.24) is 15.2 Å². The van der Waals surface area contributed by atoms with Gasteiger partial charge >= 0.3 is 0 Å². The molecule has 1 aliphatic rings. The van der Waals surface area contributed by atoms with Gasteiger partial charge in [0.25, 0.3) is 0 Å². The van der Waals surface area contributed by atoms with E-state index in [9.17, 15) is 0 Å². The van der Waals surface area contributed by atoms with Gasteiger partial charge in [0, 0.05) is 42.8 Å². The van der Waals surface area contributed by atoms with E-state index in [1.165, 1.54) is 9.88 Å². The summed E-state index contributed by atoms with van der Waals surface area (Å²) in [7, 11) is 0. The number of rotatable bonds is 3. The average Bonchev–Trinajstić information content (AvgIpc) is 2.73. The second-order valence-electron chi connectivity index (χ2n) is 7.41. The molecule has 1 aromatic rings. The van der Waals surface area contributed by atoms with E-state index < -0.39 is 0 Å². The van der Waals surface area contributed by atoms with E-state index in [0.29, 0.717) is 23.4 Å². The molecule has 1 saturated heterocycles. The second kappa shape index (κ2) is 6.12. The van der Waals surface area contributed by atoms with Crippen molar-refractivity contribution < 1.29 is 0 Å². The number of piperazine rings is 1. The van der Waals surface area contributed by atoms with Crippen LogP contribution in [0.25, 0.3) is 0 Å². The third kappa shape index (κ3) is 3.80. The van der Waals surface area contributed by atoms with Gasteiger partial charge < -0.3 is 5.32 Å². The Bertz CT molecular complexity index is 433. The fraction of sp³-hybridized carbons (Fsp3) is 0.812. The van der Waals surface area contributed by atoms with Crippen molar-refractivity contribution in [2.45, 2.75) is 60.2 Å². The predicted octanol–water partition coefficient (Wildman–Crippen LogP) is 3.30. The fourth-order valence-electron chi connectivity index (χ4n) is 2.92. The lowest BCUT2D eigenvalue weighted by Crippen LogP contribution is -2.61. The molecular weight excluding hydrogens is 266 g/mol. The summed E-state index contributed by atoms with van der Waals surface area (Å²) in [5, 5.41) is 4.93. The first kappa shape index (κ1) is 15.9. The maximum Gasteiger partial charge on any atom is 0.0897 e. The minimum absolute atomic E-state index is 0.309. The Morgan fingerprint density at radius 3 is 2.65 bits per heavy atom. The van der Waals surface area contributed by atoms with Crippen molar-refractivity contribution in [2.24, 2.45) is 11.3 Å². The summed E-state index contributed by atoms with van der Waals surface area (Å²) in [5.74, 6) is 0.678. The van der Waals surface area contributed by atoms with E-state index in [1.807, 2.05) is 17.5 Å². The van der Waals surface area contributed by atoms with Gasteiger partial charge in [-0.05, 0) is 18.3 Å². The highest BCUT2D eigenvalue weighted by atomic mass is 32.1. The van der Waals surface area contributed by atoms with Gasteiger partial charge in [-0.2, -0.15) is 0 Å². The third-order valence-corrected chi connectivity index (χ3v) is 5.20. The van der Waals surface area contributed by atoms with Crippen LogP contribution in [-0.4, -0.2) is 35.1 Å². The van der Waals surface area contributed by atoms with Gasteiger partial charge in [-0.1, -0.05) is 34.6 Å². The van der Waals surface area contributed by atoms with Gasteiger partial charge in [-0.3, -0.25) is 4.90 Å². The Morgan fingerprint density at radius 1 is 1.45 bits per heavy atom. The molecule has 1 aliphatic heterocycles. The SMILES string of the molecule is Cc1ncc(CN2CC(C(C)(C)C)NCC2C(C)C)s1. The predicted molar refractivity (Wildman–Crippen MR) is 87.1 cm³/mol. The Hall–Kier alpha value is -0.450. The molecule has 0 spiro atoms. The summed E-state index contributed by atoms with van der Waals surface area (Å²) in [6, 6.07) is 1.18. The second-order valence-corrected chi connectivity index (χ2v) is 8.73. The number of hydrogen-bond donors (Lipinski definition) is 1. The molecule has 2 rings (SSSR count). The zero-order valence-corrected chi connectivity index (χ0v) is 14.5. The van der Waals surface area contributed by atoms with Gasteiger partial charge in [0.1, 0.15) is 0 Å². The molecule has 4 heteroatoms. The number of nitrogens with one attached hydrogen (secondary N) is 1. The first-order chi connectivity index (χ1) is 9.27. The maximum absolute atomic E-state index is 4.40. The van der Waals surface area contributed by atoms with E-state index >= 15 is 0 Å². The molecule has 0 amide bonds. The van der Waals surface area contributed by atoms with Gasteiger partial charge in [-0.15, -0.1) is 11.3 Å². The zero-order valence-electron chi connectivity index (χ0n) is 13.7. The summed E-state index contributed by atoms with van der Waals surface area (Å²) in [5.41, 5.74) is 0.309. The topological polar surface area (TPSA) is 28.2 Å². The van der Waals surface area contributed by atoms with Crippen LogP contribution in [0, 0.1) is 18.3 Å². The fourth-order valence-corrected chi connectivity index (χ4v) is 3.74.